The monoisotopic (exact) mass is 338 g/mol. The van der Waals surface area contributed by atoms with Gasteiger partial charge < -0.3 is 4.74 Å². The van der Waals surface area contributed by atoms with Gasteiger partial charge in [0.15, 0.2) is 0 Å². The largest absolute Gasteiger partial charge is 0.481 e. The van der Waals surface area contributed by atoms with Crippen LogP contribution in [0.25, 0.3) is 11.3 Å². The number of hydrogen-bond acceptors (Lipinski definition) is 4. The second kappa shape index (κ2) is 6.29. The first kappa shape index (κ1) is 15.8. The van der Waals surface area contributed by atoms with Crippen molar-refractivity contribution in [1.82, 2.24) is 19.7 Å². The summed E-state index contributed by atoms with van der Waals surface area (Å²) in [5.41, 5.74) is 4.56. The summed E-state index contributed by atoms with van der Waals surface area (Å²) in [6.07, 6.45) is 1.77. The standard InChI is InChI=1S/C19H19FN4O/c1-23-11-15-17(12-23)22-24(10-13-7-8-18(25-2)21-9-13)19(15)14-5-3-4-6-16(14)20/h3-9H,10-12H2,1-2H3. The van der Waals surface area contributed by atoms with Crippen LogP contribution in [0.4, 0.5) is 4.39 Å². The molecule has 0 atom stereocenters. The summed E-state index contributed by atoms with van der Waals surface area (Å²) in [7, 11) is 3.64. The molecule has 1 aliphatic rings. The van der Waals surface area contributed by atoms with Gasteiger partial charge in [-0.3, -0.25) is 9.58 Å². The summed E-state index contributed by atoms with van der Waals surface area (Å²) in [6.45, 7) is 2.10. The number of fused-ring (bicyclic) bond motifs is 1. The maximum Gasteiger partial charge on any atom is 0.212 e. The second-order valence-electron chi connectivity index (χ2n) is 6.29. The van der Waals surface area contributed by atoms with Crippen LogP contribution < -0.4 is 4.74 Å². The van der Waals surface area contributed by atoms with Crippen LogP contribution in [0.15, 0.2) is 42.6 Å². The lowest BCUT2D eigenvalue weighted by Crippen LogP contribution is -2.13. The molecule has 0 fully saturated rings. The van der Waals surface area contributed by atoms with Gasteiger partial charge >= 0.3 is 0 Å². The Balaban J connectivity index is 1.77. The maximum absolute atomic E-state index is 14.5. The molecule has 0 saturated heterocycles. The van der Waals surface area contributed by atoms with Crippen molar-refractivity contribution in [2.45, 2.75) is 19.6 Å². The van der Waals surface area contributed by atoms with Crippen LogP contribution in [-0.2, 0) is 19.6 Å². The highest BCUT2D eigenvalue weighted by Crippen LogP contribution is 2.33. The molecule has 128 valence electrons. The Hall–Kier alpha value is -2.73. The molecule has 0 saturated carbocycles. The molecule has 0 radical (unpaired) electrons. The van der Waals surface area contributed by atoms with E-state index in [0.29, 0.717) is 18.0 Å². The lowest BCUT2D eigenvalue weighted by atomic mass is 10.1. The van der Waals surface area contributed by atoms with E-state index in [1.54, 1.807) is 19.4 Å². The van der Waals surface area contributed by atoms with Gasteiger partial charge in [-0.05, 0) is 24.7 Å². The lowest BCUT2D eigenvalue weighted by Gasteiger charge is -2.13. The number of halogens is 1. The topological polar surface area (TPSA) is 43.2 Å². The Labute approximate surface area is 145 Å². The average molecular weight is 338 g/mol. The van der Waals surface area contributed by atoms with Crippen molar-refractivity contribution in [2.75, 3.05) is 14.2 Å². The highest BCUT2D eigenvalue weighted by atomic mass is 19.1. The van der Waals surface area contributed by atoms with Gasteiger partial charge in [-0.2, -0.15) is 5.10 Å². The van der Waals surface area contributed by atoms with E-state index in [9.17, 15) is 4.39 Å². The average Bonchev–Trinajstić information content (AvgIpc) is 3.12. The van der Waals surface area contributed by atoms with E-state index in [-0.39, 0.29) is 5.82 Å². The minimum Gasteiger partial charge on any atom is -0.481 e. The molecule has 0 spiro atoms. The third kappa shape index (κ3) is 2.89. The fourth-order valence-electron chi connectivity index (χ4n) is 3.29. The maximum atomic E-state index is 14.5. The first-order valence-corrected chi connectivity index (χ1v) is 8.16. The van der Waals surface area contributed by atoms with E-state index >= 15 is 0 Å². The summed E-state index contributed by atoms with van der Waals surface area (Å²) < 4.78 is 21.4. The highest BCUT2D eigenvalue weighted by molar-refractivity contribution is 5.66. The smallest absolute Gasteiger partial charge is 0.212 e. The van der Waals surface area contributed by atoms with Gasteiger partial charge in [0.2, 0.25) is 5.88 Å². The molecule has 0 aliphatic carbocycles. The van der Waals surface area contributed by atoms with E-state index in [2.05, 4.69) is 9.88 Å². The lowest BCUT2D eigenvalue weighted by molar-refractivity contribution is 0.346. The van der Waals surface area contributed by atoms with Gasteiger partial charge in [-0.25, -0.2) is 9.37 Å². The first-order chi connectivity index (χ1) is 12.2. The van der Waals surface area contributed by atoms with Gasteiger partial charge in [0.1, 0.15) is 5.82 Å². The Morgan fingerprint density at radius 2 is 2.00 bits per heavy atom. The summed E-state index contributed by atoms with van der Waals surface area (Å²) in [5.74, 6) is 0.344. The van der Waals surface area contributed by atoms with Crippen molar-refractivity contribution < 1.29 is 9.13 Å². The van der Waals surface area contributed by atoms with Crippen LogP contribution in [0.1, 0.15) is 16.8 Å². The van der Waals surface area contributed by atoms with E-state index in [4.69, 9.17) is 9.84 Å². The van der Waals surface area contributed by atoms with E-state index in [1.165, 1.54) is 6.07 Å². The molecule has 2 aromatic heterocycles. The number of nitrogens with zero attached hydrogens (tertiary/aromatic N) is 4. The van der Waals surface area contributed by atoms with E-state index in [1.807, 2.05) is 36.0 Å². The fourth-order valence-corrected chi connectivity index (χ4v) is 3.29. The minimum atomic E-state index is -0.228. The molecule has 0 bridgehead atoms. The van der Waals surface area contributed by atoms with Crippen LogP contribution in [0, 0.1) is 5.82 Å². The summed E-state index contributed by atoms with van der Waals surface area (Å²) >= 11 is 0. The third-order valence-corrected chi connectivity index (χ3v) is 4.45. The van der Waals surface area contributed by atoms with Crippen molar-refractivity contribution in [3.05, 3.63) is 65.2 Å². The van der Waals surface area contributed by atoms with Gasteiger partial charge in [-0.15, -0.1) is 0 Å². The SMILES string of the molecule is COc1ccc(Cn2nc3c(c2-c2ccccc2F)CN(C)C3)cn1. The van der Waals surface area contributed by atoms with Crippen LogP contribution >= 0.6 is 0 Å². The van der Waals surface area contributed by atoms with Crippen LogP contribution in [0.3, 0.4) is 0 Å². The minimum absolute atomic E-state index is 0.228. The fraction of sp³-hybridized carbons (Fsp3) is 0.263. The predicted octanol–water partition coefficient (Wildman–Crippen LogP) is 3.09. The van der Waals surface area contributed by atoms with E-state index in [0.717, 1.165) is 35.6 Å². The number of ether oxygens (including phenoxy) is 1. The molecule has 0 amide bonds. The Kier molecular flexibility index (Phi) is 3.97. The molecule has 5 nitrogen and oxygen atoms in total. The molecule has 3 aromatic rings. The molecular formula is C19H19FN4O. The van der Waals surface area contributed by atoms with E-state index < -0.39 is 0 Å². The number of rotatable bonds is 4. The van der Waals surface area contributed by atoms with Gasteiger partial charge in [0, 0.05) is 36.5 Å². The Bertz CT molecular complexity index is 904. The number of aromatic nitrogens is 3. The zero-order valence-corrected chi connectivity index (χ0v) is 14.2. The zero-order chi connectivity index (χ0) is 17.4. The van der Waals surface area contributed by atoms with Crippen molar-refractivity contribution >= 4 is 0 Å². The molecule has 6 heteroatoms. The summed E-state index contributed by atoms with van der Waals surface area (Å²) in [6, 6.07) is 10.6. The molecule has 3 heterocycles. The number of pyridine rings is 1. The van der Waals surface area contributed by atoms with Crippen LogP contribution in [-0.4, -0.2) is 33.8 Å². The molecule has 0 unspecified atom stereocenters. The Morgan fingerprint density at radius 3 is 2.72 bits per heavy atom. The van der Waals surface area contributed by atoms with Crippen LogP contribution in [0.5, 0.6) is 5.88 Å². The third-order valence-electron chi connectivity index (χ3n) is 4.45. The number of benzene rings is 1. The normalized spacial score (nSPS) is 13.9. The van der Waals surface area contributed by atoms with Gasteiger partial charge in [0.05, 0.1) is 25.0 Å². The quantitative estimate of drug-likeness (QED) is 0.733. The van der Waals surface area contributed by atoms with Crippen molar-refractivity contribution in [1.29, 1.82) is 0 Å². The molecular weight excluding hydrogens is 319 g/mol. The van der Waals surface area contributed by atoms with Crippen molar-refractivity contribution in [2.24, 2.45) is 0 Å². The highest BCUT2D eigenvalue weighted by Gasteiger charge is 2.27. The van der Waals surface area contributed by atoms with Crippen molar-refractivity contribution in [3.63, 3.8) is 0 Å². The molecule has 25 heavy (non-hydrogen) atoms. The van der Waals surface area contributed by atoms with Gasteiger partial charge in [-0.1, -0.05) is 18.2 Å². The first-order valence-electron chi connectivity index (χ1n) is 8.16. The number of methoxy groups -OCH3 is 1. The number of hydrogen-bond donors (Lipinski definition) is 0. The molecule has 0 N–H and O–H groups in total. The summed E-state index contributed by atoms with van der Waals surface area (Å²) in [4.78, 5) is 6.42. The van der Waals surface area contributed by atoms with Crippen molar-refractivity contribution in [3.8, 4) is 17.1 Å². The Morgan fingerprint density at radius 1 is 1.16 bits per heavy atom. The second-order valence-corrected chi connectivity index (χ2v) is 6.29. The van der Waals surface area contributed by atoms with Crippen LogP contribution in [0.2, 0.25) is 0 Å². The molecule has 1 aromatic carbocycles. The summed E-state index contributed by atoms with van der Waals surface area (Å²) in [5, 5.41) is 4.75. The molecule has 4 rings (SSSR count). The molecule has 1 aliphatic heterocycles. The van der Waals surface area contributed by atoms with Gasteiger partial charge in [0.25, 0.3) is 0 Å². The predicted molar refractivity (Wildman–Crippen MR) is 92.7 cm³/mol. The zero-order valence-electron chi connectivity index (χ0n) is 14.2.